The Bertz CT molecular complexity index is 393. The van der Waals surface area contributed by atoms with Crippen molar-refractivity contribution in [1.82, 2.24) is 10.6 Å². The third kappa shape index (κ3) is 5.64. The van der Waals surface area contributed by atoms with Crippen molar-refractivity contribution < 1.29 is 0 Å². The van der Waals surface area contributed by atoms with Crippen LogP contribution in [0, 0.1) is 0 Å². The summed E-state index contributed by atoms with van der Waals surface area (Å²) in [5, 5.41) is 6.59. The summed E-state index contributed by atoms with van der Waals surface area (Å²) in [4.78, 5) is 6.29. The number of nitrogens with one attached hydrogen (secondary N) is 2. The summed E-state index contributed by atoms with van der Waals surface area (Å²) >= 11 is 0. The lowest BCUT2D eigenvalue weighted by Gasteiger charge is -2.15. The SMILES string of the molecule is CN=C(NCCc1ccc(N(C)C)cc1)NC(C)C. The van der Waals surface area contributed by atoms with Crippen molar-refractivity contribution >= 4 is 11.6 Å². The molecule has 0 unspecified atom stereocenters. The van der Waals surface area contributed by atoms with Crippen molar-refractivity contribution in [3.8, 4) is 0 Å². The Morgan fingerprint density at radius 3 is 2.32 bits per heavy atom. The number of hydrogen-bond acceptors (Lipinski definition) is 2. The minimum atomic E-state index is 0.394. The number of nitrogens with zero attached hydrogens (tertiary/aromatic N) is 2. The summed E-state index contributed by atoms with van der Waals surface area (Å²) in [5.74, 6) is 0.861. The Morgan fingerprint density at radius 2 is 1.84 bits per heavy atom. The minimum absolute atomic E-state index is 0.394. The Kier molecular flexibility index (Phi) is 6.19. The second-order valence-corrected chi connectivity index (χ2v) is 5.11. The van der Waals surface area contributed by atoms with E-state index < -0.39 is 0 Å². The highest BCUT2D eigenvalue weighted by Gasteiger charge is 2.00. The van der Waals surface area contributed by atoms with Gasteiger partial charge in [0.15, 0.2) is 5.96 Å². The monoisotopic (exact) mass is 262 g/mol. The highest BCUT2D eigenvalue weighted by atomic mass is 15.2. The second-order valence-electron chi connectivity index (χ2n) is 5.11. The first kappa shape index (κ1) is 15.3. The normalized spacial score (nSPS) is 11.6. The van der Waals surface area contributed by atoms with Gasteiger partial charge in [-0.05, 0) is 38.0 Å². The van der Waals surface area contributed by atoms with Crippen LogP contribution in [-0.4, -0.2) is 39.7 Å². The van der Waals surface area contributed by atoms with E-state index in [2.05, 4.69) is 72.7 Å². The molecule has 0 aliphatic heterocycles. The second kappa shape index (κ2) is 7.67. The number of aliphatic imine (C=N–C) groups is 1. The van der Waals surface area contributed by atoms with Gasteiger partial charge >= 0.3 is 0 Å². The molecule has 0 saturated carbocycles. The van der Waals surface area contributed by atoms with Gasteiger partial charge in [-0.15, -0.1) is 0 Å². The van der Waals surface area contributed by atoms with E-state index in [0.717, 1.165) is 18.9 Å². The molecule has 0 spiro atoms. The van der Waals surface area contributed by atoms with Crippen molar-refractivity contribution in [2.75, 3.05) is 32.6 Å². The molecule has 0 amide bonds. The maximum Gasteiger partial charge on any atom is 0.191 e. The lowest BCUT2D eigenvalue weighted by Crippen LogP contribution is -2.41. The third-order valence-electron chi connectivity index (χ3n) is 2.81. The Balaban J connectivity index is 2.40. The first-order chi connectivity index (χ1) is 9.02. The fraction of sp³-hybridized carbons (Fsp3) is 0.533. The lowest BCUT2D eigenvalue weighted by atomic mass is 10.1. The first-order valence-corrected chi connectivity index (χ1v) is 6.76. The molecular formula is C15H26N4. The molecule has 1 rings (SSSR count). The molecule has 0 radical (unpaired) electrons. The van der Waals surface area contributed by atoms with Crippen LogP contribution in [-0.2, 0) is 6.42 Å². The van der Waals surface area contributed by atoms with Crippen molar-refractivity contribution in [2.45, 2.75) is 26.3 Å². The number of guanidine groups is 1. The number of hydrogen-bond donors (Lipinski definition) is 2. The fourth-order valence-electron chi connectivity index (χ4n) is 1.75. The van der Waals surface area contributed by atoms with Gasteiger partial charge < -0.3 is 15.5 Å². The van der Waals surface area contributed by atoms with E-state index >= 15 is 0 Å². The number of benzene rings is 1. The Morgan fingerprint density at radius 1 is 1.21 bits per heavy atom. The van der Waals surface area contributed by atoms with Crippen LogP contribution in [0.3, 0.4) is 0 Å². The van der Waals surface area contributed by atoms with Crippen molar-refractivity contribution in [1.29, 1.82) is 0 Å². The zero-order chi connectivity index (χ0) is 14.3. The molecule has 0 heterocycles. The predicted octanol–water partition coefficient (Wildman–Crippen LogP) is 1.87. The topological polar surface area (TPSA) is 39.7 Å². The maximum absolute atomic E-state index is 4.18. The van der Waals surface area contributed by atoms with Crippen molar-refractivity contribution in [3.05, 3.63) is 29.8 Å². The maximum atomic E-state index is 4.18. The van der Waals surface area contributed by atoms with E-state index in [9.17, 15) is 0 Å². The van der Waals surface area contributed by atoms with E-state index in [-0.39, 0.29) is 0 Å². The van der Waals surface area contributed by atoms with Crippen molar-refractivity contribution in [3.63, 3.8) is 0 Å². The molecule has 0 aliphatic rings. The average Bonchev–Trinajstić information content (AvgIpc) is 2.37. The van der Waals surface area contributed by atoms with Gasteiger partial charge in [-0.1, -0.05) is 12.1 Å². The standard InChI is InChI=1S/C15H26N4/c1-12(2)18-15(16-3)17-11-10-13-6-8-14(9-7-13)19(4)5/h6-9,12H,10-11H2,1-5H3,(H2,16,17,18). The Labute approximate surface area is 116 Å². The zero-order valence-corrected chi connectivity index (χ0v) is 12.7. The van der Waals surface area contributed by atoms with E-state index in [1.54, 1.807) is 7.05 Å². The molecule has 1 aromatic carbocycles. The van der Waals surface area contributed by atoms with Crippen LogP contribution in [0.25, 0.3) is 0 Å². The Hall–Kier alpha value is -1.71. The van der Waals surface area contributed by atoms with Crippen LogP contribution in [0.4, 0.5) is 5.69 Å². The molecule has 4 heteroatoms. The largest absolute Gasteiger partial charge is 0.378 e. The van der Waals surface area contributed by atoms with Crippen molar-refractivity contribution in [2.24, 2.45) is 4.99 Å². The highest BCUT2D eigenvalue weighted by Crippen LogP contribution is 2.12. The van der Waals surface area contributed by atoms with Crippen LogP contribution in [0.15, 0.2) is 29.3 Å². The van der Waals surface area contributed by atoms with Crippen LogP contribution in [0.1, 0.15) is 19.4 Å². The summed E-state index contributed by atoms with van der Waals surface area (Å²) in [7, 11) is 5.90. The van der Waals surface area contributed by atoms with Gasteiger partial charge in [-0.3, -0.25) is 4.99 Å². The highest BCUT2D eigenvalue weighted by molar-refractivity contribution is 5.79. The van der Waals surface area contributed by atoms with Gasteiger partial charge in [0.25, 0.3) is 0 Å². The summed E-state index contributed by atoms with van der Waals surface area (Å²) in [6, 6.07) is 9.05. The van der Waals surface area contributed by atoms with Crippen LogP contribution >= 0.6 is 0 Å². The average molecular weight is 262 g/mol. The third-order valence-corrected chi connectivity index (χ3v) is 2.81. The van der Waals surface area contributed by atoms with Gasteiger partial charge in [0.1, 0.15) is 0 Å². The smallest absolute Gasteiger partial charge is 0.191 e. The molecule has 0 saturated heterocycles. The van der Waals surface area contributed by atoms with Crippen LogP contribution in [0.5, 0.6) is 0 Å². The summed E-state index contributed by atoms with van der Waals surface area (Å²) in [6.45, 7) is 5.09. The van der Waals surface area contributed by atoms with Gasteiger partial charge in [0.2, 0.25) is 0 Å². The van der Waals surface area contributed by atoms with Crippen LogP contribution in [0.2, 0.25) is 0 Å². The molecule has 1 aromatic rings. The summed E-state index contributed by atoms with van der Waals surface area (Å²) < 4.78 is 0. The quantitative estimate of drug-likeness (QED) is 0.628. The molecule has 2 N–H and O–H groups in total. The predicted molar refractivity (Wildman–Crippen MR) is 84.1 cm³/mol. The fourth-order valence-corrected chi connectivity index (χ4v) is 1.75. The van der Waals surface area contributed by atoms with Gasteiger partial charge in [0.05, 0.1) is 0 Å². The number of anilines is 1. The van der Waals surface area contributed by atoms with Gasteiger partial charge in [-0.2, -0.15) is 0 Å². The molecule has 0 aliphatic carbocycles. The minimum Gasteiger partial charge on any atom is -0.378 e. The van der Waals surface area contributed by atoms with Crippen LogP contribution < -0.4 is 15.5 Å². The molecule has 0 atom stereocenters. The van der Waals surface area contributed by atoms with E-state index in [0.29, 0.717) is 6.04 Å². The molecule has 4 nitrogen and oxygen atoms in total. The van der Waals surface area contributed by atoms with E-state index in [4.69, 9.17) is 0 Å². The first-order valence-electron chi connectivity index (χ1n) is 6.76. The van der Waals surface area contributed by atoms with E-state index in [1.165, 1.54) is 11.3 Å². The zero-order valence-electron chi connectivity index (χ0n) is 12.7. The molecular weight excluding hydrogens is 236 g/mol. The molecule has 106 valence electrons. The lowest BCUT2D eigenvalue weighted by molar-refractivity contribution is 0.698. The van der Waals surface area contributed by atoms with E-state index in [1.807, 2.05) is 0 Å². The van der Waals surface area contributed by atoms with Gasteiger partial charge in [0, 0.05) is 39.4 Å². The molecule has 0 bridgehead atoms. The molecule has 0 aromatic heterocycles. The summed E-state index contributed by atoms with van der Waals surface area (Å²) in [6.07, 6.45) is 0.993. The number of rotatable bonds is 5. The van der Waals surface area contributed by atoms with Gasteiger partial charge in [-0.25, -0.2) is 0 Å². The molecule has 19 heavy (non-hydrogen) atoms. The molecule has 0 fully saturated rings. The summed E-state index contributed by atoms with van der Waals surface area (Å²) in [5.41, 5.74) is 2.56.